The van der Waals surface area contributed by atoms with Crippen molar-refractivity contribution >= 4 is 23.3 Å². The maximum absolute atomic E-state index is 12.8. The number of hydrogen-bond acceptors (Lipinski definition) is 6. The van der Waals surface area contributed by atoms with E-state index >= 15 is 0 Å². The lowest BCUT2D eigenvalue weighted by Crippen LogP contribution is -2.51. The van der Waals surface area contributed by atoms with E-state index in [4.69, 9.17) is 10.5 Å². The lowest BCUT2D eigenvalue weighted by atomic mass is 9.98. The molecule has 2 N–H and O–H groups in total. The number of likely N-dealkylation sites (tertiary alicyclic amines) is 1. The fraction of sp³-hybridized carbons (Fsp3) is 0.429. The molecule has 1 atom stereocenters. The van der Waals surface area contributed by atoms with Crippen molar-refractivity contribution in [3.8, 4) is 0 Å². The number of benzene rings is 1. The summed E-state index contributed by atoms with van der Waals surface area (Å²) < 4.78 is 4.76. The van der Waals surface area contributed by atoms with Crippen molar-refractivity contribution in [2.45, 2.75) is 25.3 Å². The molecule has 1 saturated heterocycles. The van der Waals surface area contributed by atoms with Gasteiger partial charge in [0, 0.05) is 12.6 Å². The third kappa shape index (κ3) is 2.36. The fourth-order valence-electron chi connectivity index (χ4n) is 2.80. The van der Waals surface area contributed by atoms with Gasteiger partial charge in [-0.05, 0) is 25.8 Å². The molecule has 22 heavy (non-hydrogen) atoms. The number of ether oxygens (including phenoxy) is 1. The molecule has 118 valence electrons. The van der Waals surface area contributed by atoms with Gasteiger partial charge >= 0.3 is 5.97 Å². The number of esters is 1. The number of anilines is 1. The number of amides is 1. The number of nitrogens with zero attached hydrogens (tertiary/aromatic N) is 2. The zero-order valence-electron chi connectivity index (χ0n) is 12.4. The summed E-state index contributed by atoms with van der Waals surface area (Å²) in [6.45, 7) is 1.91. The zero-order chi connectivity index (χ0) is 16.5. The minimum absolute atomic E-state index is 0.0123. The molecule has 0 unspecified atom stereocenters. The molecule has 1 aliphatic rings. The summed E-state index contributed by atoms with van der Waals surface area (Å²) in [6, 6.07) is 4.05. The van der Waals surface area contributed by atoms with Crippen LogP contribution in [0.3, 0.4) is 0 Å². The Kier molecular flexibility index (Phi) is 4.03. The molecule has 0 spiro atoms. The number of carbonyl (C=O) groups is 2. The maximum atomic E-state index is 12.8. The molecule has 0 bridgehead atoms. The summed E-state index contributed by atoms with van der Waals surface area (Å²) in [6.07, 6.45) is 1.05. The Hall–Kier alpha value is -2.64. The minimum Gasteiger partial charge on any atom is -0.467 e. The van der Waals surface area contributed by atoms with Crippen LogP contribution in [0.15, 0.2) is 18.2 Å². The molecule has 2 rings (SSSR count). The lowest BCUT2D eigenvalue weighted by molar-refractivity contribution is -0.385. The Labute approximate surface area is 127 Å². The highest BCUT2D eigenvalue weighted by atomic mass is 16.6. The van der Waals surface area contributed by atoms with Gasteiger partial charge in [-0.1, -0.05) is 6.07 Å². The SMILES string of the molecule is COC(=O)[C@@]1(C)CCCN1C(=O)c1c(N)cccc1[N+](=O)[O-]. The van der Waals surface area contributed by atoms with Gasteiger partial charge in [0.2, 0.25) is 0 Å². The normalized spacial score (nSPS) is 20.7. The van der Waals surface area contributed by atoms with E-state index in [0.717, 1.165) is 0 Å². The quantitative estimate of drug-likeness (QED) is 0.390. The number of nitrogens with two attached hydrogens (primary N) is 1. The van der Waals surface area contributed by atoms with E-state index in [2.05, 4.69) is 0 Å². The van der Waals surface area contributed by atoms with E-state index in [-0.39, 0.29) is 16.9 Å². The summed E-state index contributed by atoms with van der Waals surface area (Å²) >= 11 is 0. The second-order valence-electron chi connectivity index (χ2n) is 5.32. The van der Waals surface area contributed by atoms with Crippen LogP contribution in [0.1, 0.15) is 30.1 Å². The van der Waals surface area contributed by atoms with Crippen molar-refractivity contribution in [3.05, 3.63) is 33.9 Å². The monoisotopic (exact) mass is 307 g/mol. The van der Waals surface area contributed by atoms with Crippen molar-refractivity contribution in [1.82, 2.24) is 4.90 Å². The van der Waals surface area contributed by atoms with E-state index in [1.807, 2.05) is 0 Å². The molecule has 1 aromatic carbocycles. The molecule has 1 fully saturated rings. The van der Waals surface area contributed by atoms with Crippen molar-refractivity contribution in [1.29, 1.82) is 0 Å². The minimum atomic E-state index is -1.14. The van der Waals surface area contributed by atoms with Crippen LogP contribution >= 0.6 is 0 Å². The highest BCUT2D eigenvalue weighted by Gasteiger charge is 2.48. The van der Waals surface area contributed by atoms with Gasteiger partial charge in [0.25, 0.3) is 11.6 Å². The predicted octanol–water partition coefficient (Wildman–Crippen LogP) is 1.34. The first kappa shape index (κ1) is 15.7. The molecule has 0 saturated carbocycles. The standard InChI is InChI=1S/C14H17N3O5/c1-14(13(19)22-2)7-4-8-16(14)12(18)11-9(15)5-3-6-10(11)17(20)21/h3,5-6H,4,7-8,15H2,1-2H3/t14-/m1/s1. The van der Waals surface area contributed by atoms with Crippen molar-refractivity contribution in [2.75, 3.05) is 19.4 Å². The van der Waals surface area contributed by atoms with Crippen molar-refractivity contribution < 1.29 is 19.2 Å². The van der Waals surface area contributed by atoms with Crippen LogP contribution in [0.2, 0.25) is 0 Å². The Morgan fingerprint density at radius 1 is 1.45 bits per heavy atom. The van der Waals surface area contributed by atoms with E-state index in [1.165, 1.54) is 30.2 Å². The Morgan fingerprint density at radius 3 is 2.73 bits per heavy atom. The number of nitro groups is 1. The number of nitrogen functional groups attached to an aromatic ring is 1. The van der Waals surface area contributed by atoms with Gasteiger partial charge in [0.15, 0.2) is 0 Å². The molecule has 1 aliphatic heterocycles. The number of carbonyl (C=O) groups excluding carboxylic acids is 2. The van der Waals surface area contributed by atoms with Gasteiger partial charge in [0.05, 0.1) is 17.7 Å². The summed E-state index contributed by atoms with van der Waals surface area (Å²) in [5, 5.41) is 11.1. The van der Waals surface area contributed by atoms with Gasteiger partial charge in [-0.25, -0.2) is 4.79 Å². The Balaban J connectivity index is 2.49. The van der Waals surface area contributed by atoms with Gasteiger partial charge in [-0.2, -0.15) is 0 Å². The van der Waals surface area contributed by atoms with E-state index < -0.39 is 22.3 Å². The molecule has 1 aromatic rings. The van der Waals surface area contributed by atoms with Crippen LogP contribution in [-0.4, -0.2) is 40.9 Å². The second kappa shape index (κ2) is 5.63. The highest BCUT2D eigenvalue weighted by Crippen LogP contribution is 2.35. The average molecular weight is 307 g/mol. The number of methoxy groups -OCH3 is 1. The number of hydrogen-bond donors (Lipinski definition) is 1. The Morgan fingerprint density at radius 2 is 2.14 bits per heavy atom. The first-order valence-corrected chi connectivity index (χ1v) is 6.76. The molecular formula is C14H17N3O5. The fourth-order valence-corrected chi connectivity index (χ4v) is 2.80. The summed E-state index contributed by atoms with van der Waals surface area (Å²) in [5.74, 6) is -1.18. The first-order valence-electron chi connectivity index (χ1n) is 6.76. The average Bonchev–Trinajstić information content (AvgIpc) is 2.88. The lowest BCUT2D eigenvalue weighted by Gasteiger charge is -2.32. The highest BCUT2D eigenvalue weighted by molar-refractivity contribution is 6.05. The first-order chi connectivity index (χ1) is 10.3. The third-order valence-corrected chi connectivity index (χ3v) is 4.00. The summed E-state index contributed by atoms with van der Waals surface area (Å²) in [7, 11) is 1.24. The predicted molar refractivity (Wildman–Crippen MR) is 78.2 cm³/mol. The number of nitro benzene ring substituents is 1. The third-order valence-electron chi connectivity index (χ3n) is 4.00. The summed E-state index contributed by atoms with van der Waals surface area (Å²) in [5.41, 5.74) is 4.07. The maximum Gasteiger partial charge on any atom is 0.331 e. The zero-order valence-corrected chi connectivity index (χ0v) is 12.4. The van der Waals surface area contributed by atoms with Crippen molar-refractivity contribution in [2.24, 2.45) is 0 Å². The molecule has 0 aromatic heterocycles. The van der Waals surface area contributed by atoms with Crippen LogP contribution < -0.4 is 5.73 Å². The van der Waals surface area contributed by atoms with E-state index in [0.29, 0.717) is 19.4 Å². The molecule has 0 radical (unpaired) electrons. The van der Waals surface area contributed by atoms with Gasteiger partial charge < -0.3 is 15.4 Å². The Bertz CT molecular complexity index is 645. The molecular weight excluding hydrogens is 290 g/mol. The molecule has 0 aliphatic carbocycles. The topological polar surface area (TPSA) is 116 Å². The molecule has 1 amide bonds. The molecule has 8 nitrogen and oxygen atoms in total. The van der Waals surface area contributed by atoms with Crippen LogP contribution in [-0.2, 0) is 9.53 Å². The van der Waals surface area contributed by atoms with Gasteiger partial charge in [-0.3, -0.25) is 14.9 Å². The second-order valence-corrected chi connectivity index (χ2v) is 5.32. The summed E-state index contributed by atoms with van der Waals surface area (Å²) in [4.78, 5) is 36.5. The van der Waals surface area contributed by atoms with Crippen molar-refractivity contribution in [3.63, 3.8) is 0 Å². The van der Waals surface area contributed by atoms with Gasteiger partial charge in [-0.15, -0.1) is 0 Å². The van der Waals surface area contributed by atoms with E-state index in [1.54, 1.807) is 6.92 Å². The van der Waals surface area contributed by atoms with Crippen LogP contribution in [0.25, 0.3) is 0 Å². The van der Waals surface area contributed by atoms with E-state index in [9.17, 15) is 19.7 Å². The van der Waals surface area contributed by atoms with Crippen LogP contribution in [0, 0.1) is 10.1 Å². The largest absolute Gasteiger partial charge is 0.467 e. The van der Waals surface area contributed by atoms with Crippen LogP contribution in [0.5, 0.6) is 0 Å². The molecule has 8 heteroatoms. The molecule has 1 heterocycles. The smallest absolute Gasteiger partial charge is 0.331 e. The number of rotatable bonds is 3. The van der Waals surface area contributed by atoms with Gasteiger partial charge in [0.1, 0.15) is 11.1 Å². The van der Waals surface area contributed by atoms with Crippen LogP contribution in [0.4, 0.5) is 11.4 Å².